The smallest absolute Gasteiger partial charge is 0.0617 e. The van der Waals surface area contributed by atoms with Crippen molar-refractivity contribution in [2.45, 2.75) is 0 Å². The third-order valence-corrected chi connectivity index (χ3v) is 29.6. The predicted molar refractivity (Wildman–Crippen MR) is 363 cm³/mol. The molecule has 3 heteroatoms. The molecule has 0 nitrogen and oxygen atoms in total. The Morgan fingerprint density at radius 1 is 0.193 bits per heavy atom. The van der Waals surface area contributed by atoms with Crippen LogP contribution in [-0.4, -0.2) is 13.3 Å². The molecule has 0 N–H and O–H groups in total. The Kier molecular flexibility index (Phi) is 12.2. The first-order valence-corrected chi connectivity index (χ1v) is 34.3. The van der Waals surface area contributed by atoms with Gasteiger partial charge in [-0.1, -0.05) is 36.4 Å². The fourth-order valence-electron chi connectivity index (χ4n) is 13.0. The predicted octanol–water partition coefficient (Wildman–Crippen LogP) is 20.1. The molecule has 0 fully saturated rings. The zero-order chi connectivity index (χ0) is 54.8. The van der Waals surface area contributed by atoms with E-state index in [1.54, 1.807) is 0 Å². The van der Waals surface area contributed by atoms with Gasteiger partial charge < -0.3 is 0 Å². The average molecular weight is 1150 g/mol. The van der Waals surface area contributed by atoms with E-state index in [1.807, 2.05) is 22.7 Å². The molecule has 16 aromatic rings. The zero-order valence-electron chi connectivity index (χ0n) is 45.3. The summed E-state index contributed by atoms with van der Waals surface area (Å²) in [5.74, 6) is 0. The van der Waals surface area contributed by atoms with Gasteiger partial charge in [-0.2, -0.15) is 0 Å². The molecule has 0 saturated carbocycles. The van der Waals surface area contributed by atoms with Crippen LogP contribution in [0.5, 0.6) is 0 Å². The minimum absolute atomic E-state index is 1.22. The molecule has 0 atom stereocenters. The van der Waals surface area contributed by atoms with Gasteiger partial charge in [-0.05, 0) is 0 Å². The van der Waals surface area contributed by atoms with E-state index in [1.165, 1.54) is 146 Å². The van der Waals surface area contributed by atoms with Crippen molar-refractivity contribution in [2.75, 3.05) is 0 Å². The van der Waals surface area contributed by atoms with Crippen LogP contribution < -0.4 is 17.6 Å². The summed E-state index contributed by atoms with van der Waals surface area (Å²) in [7, 11) is 0. The SMILES string of the molecule is c1ccc(-c2ccc3sc4c(-c5cc[c]([Ge]([c]6ccc(-c7cc(-c8ccccc8)cc8c7sc7ccc(-c9ccccc9)cc78)cc6)([c]6ccc7ccccc7c6)[c]6ccc7ccccc7c6)cc5)cc(-c5ccccc5)cc4c3c2)cc1. The van der Waals surface area contributed by atoms with Gasteiger partial charge in [-0.3, -0.25) is 0 Å². The maximum absolute atomic E-state index is 3.98. The van der Waals surface area contributed by atoms with Gasteiger partial charge in [0.1, 0.15) is 0 Å². The maximum atomic E-state index is 2.52. The van der Waals surface area contributed by atoms with Gasteiger partial charge in [0.2, 0.25) is 0 Å². The summed E-state index contributed by atoms with van der Waals surface area (Å²) in [6, 6.07) is 119. The number of fused-ring (bicyclic) bond motifs is 8. The van der Waals surface area contributed by atoms with Crippen LogP contribution in [0.3, 0.4) is 0 Å². The normalized spacial score (nSPS) is 11.9. The van der Waals surface area contributed by atoms with Gasteiger partial charge in [0.15, 0.2) is 0 Å². The van der Waals surface area contributed by atoms with Crippen molar-refractivity contribution >= 4 is 115 Å². The first-order chi connectivity index (χ1) is 41.1. The van der Waals surface area contributed by atoms with Crippen LogP contribution >= 0.6 is 22.7 Å². The summed E-state index contributed by atoms with van der Waals surface area (Å²) < 4.78 is 10.8. The van der Waals surface area contributed by atoms with Gasteiger partial charge in [-0.15, -0.1) is 0 Å². The minimum Gasteiger partial charge on any atom is -0.0617 e. The molecule has 0 saturated heterocycles. The van der Waals surface area contributed by atoms with Gasteiger partial charge in [0.05, 0.1) is 0 Å². The molecule has 0 aliphatic carbocycles. The van der Waals surface area contributed by atoms with Crippen LogP contribution in [0.15, 0.2) is 315 Å². The number of hydrogen-bond acceptors (Lipinski definition) is 2. The van der Waals surface area contributed by atoms with Crippen molar-refractivity contribution in [2.24, 2.45) is 0 Å². The third kappa shape index (κ3) is 8.64. The van der Waals surface area contributed by atoms with Crippen LogP contribution in [0.25, 0.3) is 129 Å². The number of hydrogen-bond donors (Lipinski definition) is 0. The average Bonchev–Trinajstić information content (AvgIpc) is 3.61. The van der Waals surface area contributed by atoms with Crippen molar-refractivity contribution in [3.05, 3.63) is 315 Å². The Balaban J connectivity index is 0.909. The van der Waals surface area contributed by atoms with Crippen molar-refractivity contribution in [1.29, 1.82) is 0 Å². The van der Waals surface area contributed by atoms with E-state index in [0.717, 1.165) is 0 Å². The summed E-state index contributed by atoms with van der Waals surface area (Å²) in [4.78, 5) is 0. The first-order valence-electron chi connectivity index (χ1n) is 28.5. The van der Waals surface area contributed by atoms with Crippen LogP contribution in [0, 0.1) is 0 Å². The van der Waals surface area contributed by atoms with Crippen molar-refractivity contribution in [1.82, 2.24) is 0 Å². The van der Waals surface area contributed by atoms with E-state index in [4.69, 9.17) is 0 Å². The molecule has 83 heavy (non-hydrogen) atoms. The van der Waals surface area contributed by atoms with E-state index in [9.17, 15) is 0 Å². The topological polar surface area (TPSA) is 0 Å². The Hall–Kier alpha value is -9.42. The van der Waals surface area contributed by atoms with Crippen molar-refractivity contribution in [3.8, 4) is 66.8 Å². The van der Waals surface area contributed by atoms with E-state index >= 15 is 0 Å². The van der Waals surface area contributed by atoms with Crippen LogP contribution in [0.2, 0.25) is 0 Å². The van der Waals surface area contributed by atoms with E-state index < -0.39 is 13.3 Å². The fraction of sp³-hybridized carbons (Fsp3) is 0. The zero-order valence-corrected chi connectivity index (χ0v) is 49.1. The Labute approximate surface area is 493 Å². The standard InChI is InChI=1S/C80H52GeS2/c1-5-17-53(18-6-1)63-35-43-77-73(47-63)75-51-65(55-21-9-3-10-22-55)49-71(79(75)82-77)59-31-37-67(38-32-59)81(69-41-29-57-25-13-15-27-61(57)45-69,70-42-30-58-26-14-16-28-62(58)46-70)68-39-33-60(34-40-68)72-50-66(56-23-11-4-12-24-56)52-76-74-48-64(54-19-7-2-8-20-54)36-44-78(74)83-80(72)76/h1-52H. The second kappa shape index (κ2) is 20.5. The molecule has 0 amide bonds. The summed E-state index contributed by atoms with van der Waals surface area (Å²) in [5.41, 5.74) is 14.8. The van der Waals surface area contributed by atoms with Gasteiger partial charge in [0.25, 0.3) is 0 Å². The van der Waals surface area contributed by atoms with E-state index in [2.05, 4.69) is 315 Å². The molecule has 388 valence electrons. The molecule has 14 aromatic carbocycles. The molecule has 2 heterocycles. The Bertz CT molecular complexity index is 4780. The Morgan fingerprint density at radius 3 is 0.892 bits per heavy atom. The quantitative estimate of drug-likeness (QED) is 0.120. The second-order valence-corrected chi connectivity index (χ2v) is 32.0. The molecule has 0 unspecified atom stereocenters. The molecule has 0 radical (unpaired) electrons. The van der Waals surface area contributed by atoms with E-state index in [0.29, 0.717) is 0 Å². The van der Waals surface area contributed by atoms with Crippen molar-refractivity contribution in [3.63, 3.8) is 0 Å². The molecule has 0 spiro atoms. The number of thiophene rings is 2. The van der Waals surface area contributed by atoms with Crippen molar-refractivity contribution < 1.29 is 0 Å². The molecule has 0 bridgehead atoms. The molecular weight excluding hydrogens is 1100 g/mol. The summed E-state index contributed by atoms with van der Waals surface area (Å²) >= 11 is -0.173. The molecule has 0 aliphatic heterocycles. The molecule has 2 aromatic heterocycles. The second-order valence-electron chi connectivity index (χ2n) is 21.9. The minimum atomic E-state index is -3.98. The van der Waals surface area contributed by atoms with Crippen LogP contribution in [0.4, 0.5) is 0 Å². The van der Waals surface area contributed by atoms with Crippen LogP contribution in [-0.2, 0) is 0 Å². The molecule has 16 rings (SSSR count). The third-order valence-electron chi connectivity index (χ3n) is 17.2. The van der Waals surface area contributed by atoms with Gasteiger partial charge in [0, 0.05) is 0 Å². The number of rotatable bonds is 10. The van der Waals surface area contributed by atoms with E-state index in [-0.39, 0.29) is 0 Å². The Morgan fingerprint density at radius 2 is 0.506 bits per heavy atom. The first kappa shape index (κ1) is 49.4. The fourth-order valence-corrected chi connectivity index (χ4v) is 25.4. The monoisotopic (exact) mass is 1150 g/mol. The number of benzene rings is 14. The molecule has 0 aliphatic rings. The molecular formula is C80H52GeS2. The van der Waals surface area contributed by atoms with Gasteiger partial charge >= 0.3 is 461 Å². The summed E-state index contributed by atoms with van der Waals surface area (Å²) in [6.07, 6.45) is 0. The summed E-state index contributed by atoms with van der Waals surface area (Å²) in [6.45, 7) is 0. The van der Waals surface area contributed by atoms with Gasteiger partial charge in [-0.25, -0.2) is 0 Å². The summed E-state index contributed by atoms with van der Waals surface area (Å²) in [5, 5.41) is 10.2. The van der Waals surface area contributed by atoms with Crippen LogP contribution in [0.1, 0.15) is 0 Å².